The van der Waals surface area contributed by atoms with Crippen LogP contribution in [0.15, 0.2) is 48.7 Å². The van der Waals surface area contributed by atoms with Crippen LogP contribution in [0.1, 0.15) is 34.1 Å². The summed E-state index contributed by atoms with van der Waals surface area (Å²) in [4.78, 5) is 27.3. The Morgan fingerprint density at radius 1 is 1.15 bits per heavy atom. The number of ether oxygens (including phenoxy) is 2. The minimum Gasteiger partial charge on any atom is -0.464 e. The molecule has 0 fully saturated rings. The van der Waals surface area contributed by atoms with Gasteiger partial charge in [0, 0.05) is 18.3 Å². The Hall–Kier alpha value is -2.97. The Kier molecular flexibility index (Phi) is 7.72. The topological polar surface area (TPSA) is 118 Å². The lowest BCUT2D eigenvalue weighted by atomic mass is 10.0. The molecule has 0 aliphatic heterocycles. The van der Waals surface area contributed by atoms with Crippen LogP contribution in [-0.2, 0) is 16.1 Å². The Morgan fingerprint density at radius 2 is 1.89 bits per heavy atom. The number of esters is 1. The number of pyridine rings is 1. The highest BCUT2D eigenvalue weighted by Crippen LogP contribution is 2.21. The number of nitrogens with zero attached hydrogens (tertiary/aromatic N) is 1. The van der Waals surface area contributed by atoms with Gasteiger partial charge in [0.05, 0.1) is 13.2 Å². The lowest BCUT2D eigenvalue weighted by Crippen LogP contribution is -2.30. The standard InChI is InChI=1S/C19H22N2O6/c1-26-18(24)16-14(8-5-10-20-16)17(23)15(22)9-11-21-19(25)27-12-13-6-3-2-4-7-13/h2-8,10,15,17,22-23H,9,11-12H2,1H3,(H,21,25). The van der Waals surface area contributed by atoms with E-state index in [-0.39, 0.29) is 30.8 Å². The van der Waals surface area contributed by atoms with Crippen molar-refractivity contribution in [1.82, 2.24) is 10.3 Å². The van der Waals surface area contributed by atoms with Crippen molar-refractivity contribution in [2.45, 2.75) is 25.2 Å². The highest BCUT2D eigenvalue weighted by atomic mass is 16.5. The molecule has 1 aromatic carbocycles. The average molecular weight is 374 g/mol. The number of alkyl carbamates (subject to hydrolysis) is 1. The van der Waals surface area contributed by atoms with Crippen molar-refractivity contribution >= 4 is 12.1 Å². The third-order valence-electron chi connectivity index (χ3n) is 3.82. The van der Waals surface area contributed by atoms with Crippen LogP contribution in [0.4, 0.5) is 4.79 Å². The summed E-state index contributed by atoms with van der Waals surface area (Å²) in [7, 11) is 1.20. The molecule has 1 amide bonds. The number of carbonyl (C=O) groups is 2. The molecular weight excluding hydrogens is 352 g/mol. The number of aliphatic hydroxyl groups excluding tert-OH is 2. The van der Waals surface area contributed by atoms with Crippen molar-refractivity contribution < 1.29 is 29.3 Å². The van der Waals surface area contributed by atoms with Crippen LogP contribution in [0.5, 0.6) is 0 Å². The lowest BCUT2D eigenvalue weighted by molar-refractivity contribution is 0.0122. The van der Waals surface area contributed by atoms with E-state index in [1.807, 2.05) is 30.3 Å². The maximum Gasteiger partial charge on any atom is 0.407 e. The van der Waals surface area contributed by atoms with E-state index in [1.54, 1.807) is 0 Å². The molecule has 2 atom stereocenters. The second-order valence-electron chi connectivity index (χ2n) is 5.72. The summed E-state index contributed by atoms with van der Waals surface area (Å²) in [6, 6.07) is 12.2. The van der Waals surface area contributed by atoms with E-state index in [0.29, 0.717) is 0 Å². The van der Waals surface area contributed by atoms with Gasteiger partial charge in [0.2, 0.25) is 0 Å². The molecule has 1 heterocycles. The number of rotatable bonds is 8. The van der Waals surface area contributed by atoms with Crippen LogP contribution in [0, 0.1) is 0 Å². The fourth-order valence-corrected chi connectivity index (χ4v) is 2.39. The van der Waals surface area contributed by atoms with Gasteiger partial charge in [0.15, 0.2) is 5.69 Å². The predicted octanol–water partition coefficient (Wildman–Crippen LogP) is 1.58. The first-order chi connectivity index (χ1) is 13.0. The molecular formula is C19H22N2O6. The van der Waals surface area contributed by atoms with Crippen LogP contribution in [-0.4, -0.2) is 47.0 Å². The van der Waals surface area contributed by atoms with Crippen molar-refractivity contribution in [1.29, 1.82) is 0 Å². The van der Waals surface area contributed by atoms with E-state index in [9.17, 15) is 19.8 Å². The van der Waals surface area contributed by atoms with E-state index < -0.39 is 24.3 Å². The van der Waals surface area contributed by atoms with Crippen LogP contribution in [0.2, 0.25) is 0 Å². The Balaban J connectivity index is 1.81. The second-order valence-corrected chi connectivity index (χ2v) is 5.72. The summed E-state index contributed by atoms with van der Waals surface area (Å²) in [5.74, 6) is -0.709. The van der Waals surface area contributed by atoms with Crippen molar-refractivity contribution in [3.63, 3.8) is 0 Å². The zero-order valence-corrected chi connectivity index (χ0v) is 14.9. The molecule has 0 aliphatic carbocycles. The third-order valence-corrected chi connectivity index (χ3v) is 3.82. The monoisotopic (exact) mass is 374 g/mol. The fourth-order valence-electron chi connectivity index (χ4n) is 2.39. The molecule has 144 valence electrons. The van der Waals surface area contributed by atoms with Gasteiger partial charge < -0.3 is 25.0 Å². The molecule has 0 radical (unpaired) electrons. The van der Waals surface area contributed by atoms with E-state index >= 15 is 0 Å². The van der Waals surface area contributed by atoms with Gasteiger partial charge in [-0.15, -0.1) is 0 Å². The van der Waals surface area contributed by atoms with Gasteiger partial charge in [-0.1, -0.05) is 36.4 Å². The molecule has 0 saturated heterocycles. The highest BCUT2D eigenvalue weighted by Gasteiger charge is 2.25. The first-order valence-corrected chi connectivity index (χ1v) is 8.37. The molecule has 0 saturated carbocycles. The van der Waals surface area contributed by atoms with E-state index in [2.05, 4.69) is 15.0 Å². The van der Waals surface area contributed by atoms with E-state index in [0.717, 1.165) is 5.56 Å². The van der Waals surface area contributed by atoms with Gasteiger partial charge in [-0.3, -0.25) is 0 Å². The summed E-state index contributed by atoms with van der Waals surface area (Å²) in [6.45, 7) is 0.218. The lowest BCUT2D eigenvalue weighted by Gasteiger charge is -2.19. The first kappa shape index (κ1) is 20.3. The number of hydrogen-bond acceptors (Lipinski definition) is 7. The molecule has 0 bridgehead atoms. The summed E-state index contributed by atoms with van der Waals surface area (Å²) in [5.41, 5.74) is 0.945. The Bertz CT molecular complexity index is 753. The van der Waals surface area contributed by atoms with Crippen LogP contribution >= 0.6 is 0 Å². The zero-order valence-electron chi connectivity index (χ0n) is 14.9. The molecule has 2 rings (SSSR count). The molecule has 1 aromatic heterocycles. The number of benzene rings is 1. The normalized spacial score (nSPS) is 12.7. The number of nitrogens with one attached hydrogen (secondary N) is 1. The van der Waals surface area contributed by atoms with Crippen molar-refractivity contribution in [2.75, 3.05) is 13.7 Å². The SMILES string of the molecule is COC(=O)c1ncccc1C(O)C(O)CCNC(=O)OCc1ccccc1. The van der Waals surface area contributed by atoms with E-state index in [1.165, 1.54) is 25.4 Å². The number of carbonyl (C=O) groups excluding carboxylic acids is 2. The van der Waals surface area contributed by atoms with E-state index in [4.69, 9.17) is 4.74 Å². The molecule has 0 spiro atoms. The van der Waals surface area contributed by atoms with Crippen molar-refractivity contribution in [3.05, 3.63) is 65.5 Å². The van der Waals surface area contributed by atoms with Gasteiger partial charge in [-0.25, -0.2) is 14.6 Å². The molecule has 3 N–H and O–H groups in total. The Labute approximate surface area is 156 Å². The minimum atomic E-state index is -1.35. The minimum absolute atomic E-state index is 0.0527. The predicted molar refractivity (Wildman–Crippen MR) is 95.8 cm³/mol. The summed E-state index contributed by atoms with van der Waals surface area (Å²) in [6.07, 6.45) is -1.75. The van der Waals surface area contributed by atoms with Gasteiger partial charge >= 0.3 is 12.1 Å². The quantitative estimate of drug-likeness (QED) is 0.600. The van der Waals surface area contributed by atoms with Gasteiger partial charge in [-0.05, 0) is 18.1 Å². The summed E-state index contributed by atoms with van der Waals surface area (Å²) >= 11 is 0. The maximum atomic E-state index is 11.7. The van der Waals surface area contributed by atoms with Gasteiger partial charge in [0.1, 0.15) is 12.7 Å². The molecule has 8 nitrogen and oxygen atoms in total. The number of aromatic nitrogens is 1. The number of methoxy groups -OCH3 is 1. The number of amides is 1. The smallest absolute Gasteiger partial charge is 0.407 e. The molecule has 27 heavy (non-hydrogen) atoms. The first-order valence-electron chi connectivity index (χ1n) is 8.37. The molecule has 8 heteroatoms. The fraction of sp³-hybridized carbons (Fsp3) is 0.316. The molecule has 0 aliphatic rings. The molecule has 2 aromatic rings. The summed E-state index contributed by atoms with van der Waals surface area (Å²) in [5, 5.41) is 22.9. The second kappa shape index (κ2) is 10.2. The zero-order chi connectivity index (χ0) is 19.6. The van der Waals surface area contributed by atoms with Crippen molar-refractivity contribution in [2.24, 2.45) is 0 Å². The largest absolute Gasteiger partial charge is 0.464 e. The average Bonchev–Trinajstić information content (AvgIpc) is 2.71. The molecule has 2 unspecified atom stereocenters. The Morgan fingerprint density at radius 3 is 2.59 bits per heavy atom. The summed E-state index contributed by atoms with van der Waals surface area (Å²) < 4.78 is 9.67. The van der Waals surface area contributed by atoms with Crippen LogP contribution in [0.3, 0.4) is 0 Å². The van der Waals surface area contributed by atoms with Crippen molar-refractivity contribution in [3.8, 4) is 0 Å². The number of hydrogen-bond donors (Lipinski definition) is 3. The van der Waals surface area contributed by atoms with Gasteiger partial charge in [-0.2, -0.15) is 0 Å². The third kappa shape index (κ3) is 6.05. The van der Waals surface area contributed by atoms with Gasteiger partial charge in [0.25, 0.3) is 0 Å². The maximum absolute atomic E-state index is 11.7. The number of aliphatic hydroxyl groups is 2. The highest BCUT2D eigenvalue weighted by molar-refractivity contribution is 5.88. The van der Waals surface area contributed by atoms with Crippen LogP contribution in [0.25, 0.3) is 0 Å². The van der Waals surface area contributed by atoms with Crippen LogP contribution < -0.4 is 5.32 Å².